The van der Waals surface area contributed by atoms with E-state index in [0.717, 1.165) is 16.3 Å². The number of anilines is 2. The molecule has 0 saturated heterocycles. The minimum Gasteiger partial charge on any atom is -0.477 e. The molecule has 0 unspecified atom stereocenters. The largest absolute Gasteiger partial charge is 0.477 e. The van der Waals surface area contributed by atoms with Crippen LogP contribution in [-0.4, -0.2) is 17.3 Å². The van der Waals surface area contributed by atoms with Crippen LogP contribution in [0.5, 0.6) is 0 Å². The van der Waals surface area contributed by atoms with Crippen molar-refractivity contribution in [3.05, 3.63) is 88.1 Å². The molecule has 0 aliphatic heterocycles. The van der Waals surface area contributed by atoms with Crippen molar-refractivity contribution in [2.45, 2.75) is 0 Å². The minimum atomic E-state index is -1.24. The van der Waals surface area contributed by atoms with Crippen molar-refractivity contribution in [2.24, 2.45) is 5.10 Å². The molecule has 6 heteroatoms. The number of benzene rings is 2. The zero-order chi connectivity index (χ0) is 19.1. The zero-order valence-corrected chi connectivity index (χ0v) is 15.0. The Bertz CT molecular complexity index is 979. The van der Waals surface area contributed by atoms with Crippen LogP contribution in [-0.2, 0) is 4.79 Å². The number of hydrogen-bond donors (Lipinski definition) is 1. The lowest BCUT2D eigenvalue weighted by atomic mass is 10.2. The maximum atomic E-state index is 11.0. The van der Waals surface area contributed by atoms with Crippen molar-refractivity contribution in [1.82, 2.24) is 0 Å². The second-order valence-electron chi connectivity index (χ2n) is 5.44. The Kier molecular flexibility index (Phi) is 5.77. The van der Waals surface area contributed by atoms with E-state index in [-0.39, 0.29) is 5.57 Å². The lowest BCUT2D eigenvalue weighted by molar-refractivity contribution is -0.132. The van der Waals surface area contributed by atoms with Gasteiger partial charge >= 0.3 is 5.97 Å². The molecule has 1 N–H and O–H groups in total. The zero-order valence-electron chi connectivity index (χ0n) is 14.2. The van der Waals surface area contributed by atoms with Gasteiger partial charge in [-0.15, -0.1) is 11.3 Å². The second-order valence-corrected chi connectivity index (χ2v) is 6.59. The molecule has 0 saturated carbocycles. The molecule has 0 aliphatic rings. The molecule has 3 aromatic rings. The van der Waals surface area contributed by atoms with Crippen LogP contribution in [0.1, 0.15) is 9.75 Å². The highest BCUT2D eigenvalue weighted by atomic mass is 32.1. The summed E-state index contributed by atoms with van der Waals surface area (Å²) in [5.74, 6) is -1.24. The number of thiophene rings is 1. The Labute approximate surface area is 160 Å². The van der Waals surface area contributed by atoms with E-state index in [4.69, 9.17) is 10.4 Å². The number of carboxylic acids is 1. The average Bonchev–Trinajstić information content (AvgIpc) is 3.15. The third-order valence-corrected chi connectivity index (χ3v) is 4.55. The fourth-order valence-corrected chi connectivity index (χ4v) is 3.16. The summed E-state index contributed by atoms with van der Waals surface area (Å²) in [6, 6.07) is 24.9. The van der Waals surface area contributed by atoms with Gasteiger partial charge in [-0.25, -0.2) is 9.80 Å². The van der Waals surface area contributed by atoms with Crippen molar-refractivity contribution in [3.63, 3.8) is 0 Å². The second kappa shape index (κ2) is 8.61. The topological polar surface area (TPSA) is 76.7 Å². The Morgan fingerprint density at radius 1 is 0.963 bits per heavy atom. The van der Waals surface area contributed by atoms with E-state index in [0.29, 0.717) is 4.88 Å². The van der Waals surface area contributed by atoms with Crippen molar-refractivity contribution in [2.75, 3.05) is 5.01 Å². The van der Waals surface area contributed by atoms with Crippen molar-refractivity contribution in [3.8, 4) is 6.07 Å². The van der Waals surface area contributed by atoms with E-state index in [1.165, 1.54) is 17.4 Å². The van der Waals surface area contributed by atoms with Gasteiger partial charge in [0.05, 0.1) is 17.6 Å². The van der Waals surface area contributed by atoms with Gasteiger partial charge in [0.15, 0.2) is 0 Å². The summed E-state index contributed by atoms with van der Waals surface area (Å²) in [5.41, 5.74) is 1.55. The first-order valence-corrected chi connectivity index (χ1v) is 8.88. The molecule has 27 heavy (non-hydrogen) atoms. The summed E-state index contributed by atoms with van der Waals surface area (Å²) in [7, 11) is 0. The number of rotatable bonds is 6. The molecule has 0 radical (unpaired) electrons. The molecule has 3 rings (SSSR count). The number of carbonyl (C=O) groups is 1. The van der Waals surface area contributed by atoms with Crippen LogP contribution in [0.25, 0.3) is 6.08 Å². The van der Waals surface area contributed by atoms with E-state index in [1.54, 1.807) is 18.4 Å². The summed E-state index contributed by atoms with van der Waals surface area (Å²) in [4.78, 5) is 12.5. The monoisotopic (exact) mass is 373 g/mol. The third kappa shape index (κ3) is 4.69. The van der Waals surface area contributed by atoms with Gasteiger partial charge in [0.1, 0.15) is 11.6 Å². The number of hydrogen-bond acceptors (Lipinski definition) is 5. The molecule has 0 bridgehead atoms. The highest BCUT2D eigenvalue weighted by Crippen LogP contribution is 2.26. The number of carboxylic acid groups (broad SMARTS) is 1. The predicted molar refractivity (Wildman–Crippen MR) is 108 cm³/mol. The molecule has 0 fully saturated rings. The maximum absolute atomic E-state index is 11.0. The van der Waals surface area contributed by atoms with Crippen molar-refractivity contribution in [1.29, 1.82) is 5.26 Å². The van der Waals surface area contributed by atoms with E-state index >= 15 is 0 Å². The van der Waals surface area contributed by atoms with Crippen molar-refractivity contribution < 1.29 is 9.90 Å². The number of nitrogens with zero attached hydrogens (tertiary/aromatic N) is 3. The molecule has 132 valence electrons. The molecular weight excluding hydrogens is 358 g/mol. The number of nitriles is 1. The van der Waals surface area contributed by atoms with Gasteiger partial charge < -0.3 is 5.11 Å². The molecular formula is C21H15N3O2S. The normalized spacial score (nSPS) is 11.3. The van der Waals surface area contributed by atoms with Crippen LogP contribution in [0.4, 0.5) is 11.4 Å². The van der Waals surface area contributed by atoms with Gasteiger partial charge in [-0.3, -0.25) is 0 Å². The summed E-state index contributed by atoms with van der Waals surface area (Å²) in [6.45, 7) is 0. The number of para-hydroxylation sites is 2. The first-order chi connectivity index (χ1) is 13.2. The minimum absolute atomic E-state index is 0.296. The van der Waals surface area contributed by atoms with Crippen LogP contribution in [0.3, 0.4) is 0 Å². The first kappa shape index (κ1) is 18.1. The van der Waals surface area contributed by atoms with Gasteiger partial charge in [-0.05, 0) is 42.5 Å². The third-order valence-electron chi connectivity index (χ3n) is 3.59. The van der Waals surface area contributed by atoms with Gasteiger partial charge in [-0.1, -0.05) is 36.4 Å². The fraction of sp³-hybridized carbons (Fsp3) is 0. The molecule has 0 spiro atoms. The van der Waals surface area contributed by atoms with Crippen molar-refractivity contribution >= 4 is 41.0 Å². The number of hydrazone groups is 1. The molecule has 0 amide bonds. The van der Waals surface area contributed by atoms with E-state index in [1.807, 2.05) is 71.7 Å². The summed E-state index contributed by atoms with van der Waals surface area (Å²) >= 11 is 1.36. The van der Waals surface area contributed by atoms with Crippen LogP contribution in [0.15, 0.2) is 83.5 Å². The SMILES string of the molecule is N#C/C(=C\c1ccc(/C=N/N(c2ccccc2)c2ccccc2)s1)C(=O)O. The smallest absolute Gasteiger partial charge is 0.346 e. The Balaban J connectivity index is 1.88. The molecule has 1 heterocycles. The van der Waals surface area contributed by atoms with Gasteiger partial charge in [-0.2, -0.15) is 10.4 Å². The van der Waals surface area contributed by atoms with Crippen LogP contribution in [0, 0.1) is 11.3 Å². The van der Waals surface area contributed by atoms with Gasteiger partial charge in [0.2, 0.25) is 0 Å². The fourth-order valence-electron chi connectivity index (χ4n) is 2.33. The van der Waals surface area contributed by atoms with E-state index in [2.05, 4.69) is 5.10 Å². The summed E-state index contributed by atoms with van der Waals surface area (Å²) in [6.07, 6.45) is 3.07. The Morgan fingerprint density at radius 2 is 1.52 bits per heavy atom. The summed E-state index contributed by atoms with van der Waals surface area (Å²) in [5, 5.41) is 24.2. The quantitative estimate of drug-likeness (QED) is 0.288. The highest BCUT2D eigenvalue weighted by Gasteiger charge is 2.08. The van der Waals surface area contributed by atoms with Crippen LogP contribution in [0.2, 0.25) is 0 Å². The van der Waals surface area contributed by atoms with Crippen LogP contribution >= 0.6 is 11.3 Å². The highest BCUT2D eigenvalue weighted by molar-refractivity contribution is 7.14. The standard InChI is InChI=1S/C21H15N3O2S/c22-14-16(21(25)26)13-19-11-12-20(27-19)15-23-24(17-7-3-1-4-8-17)18-9-5-2-6-10-18/h1-13,15H,(H,25,26)/b16-13+,23-15+. The lowest BCUT2D eigenvalue weighted by Gasteiger charge is -2.18. The molecule has 0 aliphatic carbocycles. The number of aliphatic carboxylic acids is 1. The molecule has 0 atom stereocenters. The lowest BCUT2D eigenvalue weighted by Crippen LogP contribution is -2.08. The Hall–Kier alpha value is -3.69. The molecule has 5 nitrogen and oxygen atoms in total. The predicted octanol–water partition coefficient (Wildman–Crippen LogP) is 4.91. The Morgan fingerprint density at radius 3 is 2.04 bits per heavy atom. The van der Waals surface area contributed by atoms with Crippen LogP contribution < -0.4 is 5.01 Å². The molecule has 2 aromatic carbocycles. The average molecular weight is 373 g/mol. The van der Waals surface area contributed by atoms with E-state index < -0.39 is 5.97 Å². The van der Waals surface area contributed by atoms with E-state index in [9.17, 15) is 4.79 Å². The maximum Gasteiger partial charge on any atom is 0.346 e. The van der Waals surface area contributed by atoms with Gasteiger partial charge in [0, 0.05) is 9.75 Å². The first-order valence-electron chi connectivity index (χ1n) is 8.06. The molecule has 1 aromatic heterocycles. The van der Waals surface area contributed by atoms with Gasteiger partial charge in [0.25, 0.3) is 0 Å². The summed E-state index contributed by atoms with van der Waals surface area (Å²) < 4.78 is 0.